The van der Waals surface area contributed by atoms with E-state index in [4.69, 9.17) is 0 Å². The zero-order valence-electron chi connectivity index (χ0n) is 15.9. The number of aromatic nitrogens is 2. The molecule has 0 saturated carbocycles. The van der Waals surface area contributed by atoms with Crippen molar-refractivity contribution >= 4 is 17.8 Å². The Kier molecular flexibility index (Phi) is 5.35. The van der Waals surface area contributed by atoms with E-state index in [1.54, 1.807) is 12.3 Å². The predicted molar refractivity (Wildman–Crippen MR) is 109 cm³/mol. The van der Waals surface area contributed by atoms with E-state index in [1.807, 2.05) is 55.4 Å². The molecule has 27 heavy (non-hydrogen) atoms. The van der Waals surface area contributed by atoms with E-state index < -0.39 is 0 Å². The molecule has 0 atom stereocenters. The van der Waals surface area contributed by atoms with E-state index in [0.29, 0.717) is 5.69 Å². The molecule has 1 amide bonds. The van der Waals surface area contributed by atoms with Crippen molar-refractivity contribution in [2.24, 2.45) is 5.10 Å². The standard InChI is InChI=1S/C21H23N5O/c1-14-5-8-17(11-15(14)2)19-12-20(24-23-19)21(27)25-22-13-16-6-9-18(10-7-16)26(3)4/h5-13H,1-4H3,(H,23,24)(H,25,27). The number of rotatable bonds is 5. The molecular weight excluding hydrogens is 338 g/mol. The van der Waals surface area contributed by atoms with Crippen molar-refractivity contribution in [2.75, 3.05) is 19.0 Å². The molecule has 0 aliphatic heterocycles. The molecule has 3 rings (SSSR count). The number of aryl methyl sites for hydroxylation is 2. The molecule has 1 heterocycles. The maximum atomic E-state index is 12.2. The molecule has 0 saturated heterocycles. The number of hydrogen-bond donors (Lipinski definition) is 2. The average Bonchev–Trinajstić information content (AvgIpc) is 3.14. The average molecular weight is 361 g/mol. The monoisotopic (exact) mass is 361 g/mol. The Bertz CT molecular complexity index is 970. The van der Waals surface area contributed by atoms with Crippen LogP contribution in [-0.2, 0) is 0 Å². The number of hydrogen-bond acceptors (Lipinski definition) is 4. The molecule has 0 spiro atoms. The highest BCUT2D eigenvalue weighted by molar-refractivity contribution is 5.94. The molecule has 0 fully saturated rings. The van der Waals surface area contributed by atoms with Crippen LogP contribution in [0.25, 0.3) is 11.3 Å². The van der Waals surface area contributed by atoms with Gasteiger partial charge in [0.25, 0.3) is 5.91 Å². The van der Waals surface area contributed by atoms with E-state index >= 15 is 0 Å². The van der Waals surface area contributed by atoms with Crippen LogP contribution < -0.4 is 10.3 Å². The van der Waals surface area contributed by atoms with Crippen molar-refractivity contribution < 1.29 is 4.79 Å². The van der Waals surface area contributed by atoms with Gasteiger partial charge in [-0.15, -0.1) is 0 Å². The van der Waals surface area contributed by atoms with Crippen LogP contribution in [0.15, 0.2) is 53.6 Å². The fourth-order valence-electron chi connectivity index (χ4n) is 2.57. The van der Waals surface area contributed by atoms with Gasteiger partial charge in [0.05, 0.1) is 11.9 Å². The Morgan fingerprint density at radius 1 is 1.07 bits per heavy atom. The summed E-state index contributed by atoms with van der Waals surface area (Å²) in [5, 5.41) is 11.0. The Labute approximate surface area is 158 Å². The number of nitrogens with zero attached hydrogens (tertiary/aromatic N) is 3. The van der Waals surface area contributed by atoms with Gasteiger partial charge in [0.1, 0.15) is 5.69 Å². The van der Waals surface area contributed by atoms with Gasteiger partial charge in [0.15, 0.2) is 0 Å². The largest absolute Gasteiger partial charge is 0.378 e. The molecule has 1 aromatic heterocycles. The van der Waals surface area contributed by atoms with Crippen molar-refractivity contribution in [2.45, 2.75) is 13.8 Å². The lowest BCUT2D eigenvalue weighted by molar-refractivity contribution is 0.0950. The van der Waals surface area contributed by atoms with Gasteiger partial charge in [-0.3, -0.25) is 9.89 Å². The minimum Gasteiger partial charge on any atom is -0.378 e. The zero-order valence-corrected chi connectivity index (χ0v) is 15.9. The molecule has 0 bridgehead atoms. The summed E-state index contributed by atoms with van der Waals surface area (Å²) in [6.45, 7) is 4.12. The number of carbonyl (C=O) groups is 1. The minimum absolute atomic E-state index is 0.334. The van der Waals surface area contributed by atoms with Crippen LogP contribution in [0.1, 0.15) is 27.2 Å². The molecule has 2 aromatic carbocycles. The quantitative estimate of drug-likeness (QED) is 0.539. The Hall–Kier alpha value is -3.41. The van der Waals surface area contributed by atoms with Gasteiger partial charge in [0.2, 0.25) is 0 Å². The SMILES string of the molecule is Cc1ccc(-c2cc(C(=O)NN=Cc3ccc(N(C)C)cc3)[nH]n2)cc1C. The predicted octanol–water partition coefficient (Wildman–Crippen LogP) is 3.52. The number of hydrazone groups is 1. The van der Waals surface area contributed by atoms with Gasteiger partial charge in [-0.1, -0.05) is 24.3 Å². The highest BCUT2D eigenvalue weighted by Gasteiger charge is 2.10. The zero-order chi connectivity index (χ0) is 19.4. The summed E-state index contributed by atoms with van der Waals surface area (Å²) in [7, 11) is 3.97. The lowest BCUT2D eigenvalue weighted by Crippen LogP contribution is -2.18. The number of H-pyrrole nitrogens is 1. The summed E-state index contributed by atoms with van der Waals surface area (Å²) in [4.78, 5) is 14.3. The Morgan fingerprint density at radius 3 is 2.48 bits per heavy atom. The molecule has 0 aliphatic carbocycles. The second kappa shape index (κ2) is 7.86. The second-order valence-corrected chi connectivity index (χ2v) is 6.65. The van der Waals surface area contributed by atoms with Gasteiger partial charge in [-0.05, 0) is 54.8 Å². The first kappa shape index (κ1) is 18.4. The van der Waals surface area contributed by atoms with Crippen LogP contribution >= 0.6 is 0 Å². The van der Waals surface area contributed by atoms with E-state index in [-0.39, 0.29) is 5.91 Å². The Balaban J connectivity index is 1.64. The number of carbonyl (C=O) groups excluding carboxylic acids is 1. The smallest absolute Gasteiger partial charge is 0.289 e. The summed E-state index contributed by atoms with van der Waals surface area (Å²) in [5.74, 6) is -0.334. The fourth-order valence-corrected chi connectivity index (χ4v) is 2.57. The maximum Gasteiger partial charge on any atom is 0.289 e. The third-order valence-corrected chi connectivity index (χ3v) is 4.41. The number of aromatic amines is 1. The van der Waals surface area contributed by atoms with Crippen LogP contribution in [0.4, 0.5) is 5.69 Å². The molecule has 2 N–H and O–H groups in total. The van der Waals surface area contributed by atoms with Gasteiger partial charge in [0, 0.05) is 25.3 Å². The Morgan fingerprint density at radius 2 is 1.81 bits per heavy atom. The summed E-state index contributed by atoms with van der Waals surface area (Å²) in [6.07, 6.45) is 1.61. The molecule has 6 nitrogen and oxygen atoms in total. The summed E-state index contributed by atoms with van der Waals surface area (Å²) in [5.41, 5.74) is 9.00. The number of benzene rings is 2. The van der Waals surface area contributed by atoms with Gasteiger partial charge in [-0.25, -0.2) is 5.43 Å². The lowest BCUT2D eigenvalue weighted by Gasteiger charge is -2.11. The van der Waals surface area contributed by atoms with Crippen molar-refractivity contribution in [1.82, 2.24) is 15.6 Å². The number of amides is 1. The highest BCUT2D eigenvalue weighted by Crippen LogP contribution is 2.20. The molecule has 0 unspecified atom stereocenters. The molecule has 0 aliphatic rings. The third kappa shape index (κ3) is 4.41. The molecule has 6 heteroatoms. The van der Waals surface area contributed by atoms with Crippen LogP contribution in [-0.4, -0.2) is 36.4 Å². The molecule has 138 valence electrons. The van der Waals surface area contributed by atoms with E-state index in [2.05, 4.69) is 40.6 Å². The first-order chi connectivity index (χ1) is 12.9. The maximum absolute atomic E-state index is 12.2. The lowest BCUT2D eigenvalue weighted by atomic mass is 10.0. The summed E-state index contributed by atoms with van der Waals surface area (Å²) in [6, 6.07) is 15.7. The van der Waals surface area contributed by atoms with E-state index in [0.717, 1.165) is 22.5 Å². The topological polar surface area (TPSA) is 73.4 Å². The third-order valence-electron chi connectivity index (χ3n) is 4.41. The number of nitrogens with one attached hydrogen (secondary N) is 2. The van der Waals surface area contributed by atoms with Crippen LogP contribution in [0.5, 0.6) is 0 Å². The van der Waals surface area contributed by atoms with Crippen LogP contribution in [0.2, 0.25) is 0 Å². The van der Waals surface area contributed by atoms with Gasteiger partial charge >= 0.3 is 0 Å². The van der Waals surface area contributed by atoms with Gasteiger partial charge < -0.3 is 4.90 Å². The van der Waals surface area contributed by atoms with Crippen LogP contribution in [0.3, 0.4) is 0 Å². The second-order valence-electron chi connectivity index (χ2n) is 6.65. The highest BCUT2D eigenvalue weighted by atomic mass is 16.2. The minimum atomic E-state index is -0.334. The molecular formula is C21H23N5O. The van der Waals surface area contributed by atoms with Crippen molar-refractivity contribution in [3.63, 3.8) is 0 Å². The van der Waals surface area contributed by atoms with Crippen molar-refractivity contribution in [3.05, 3.63) is 70.9 Å². The molecule has 3 aromatic rings. The summed E-state index contributed by atoms with van der Waals surface area (Å²) >= 11 is 0. The molecule has 0 radical (unpaired) electrons. The van der Waals surface area contributed by atoms with Crippen LogP contribution in [0, 0.1) is 13.8 Å². The van der Waals surface area contributed by atoms with Crippen molar-refractivity contribution in [1.29, 1.82) is 0 Å². The van der Waals surface area contributed by atoms with Crippen molar-refractivity contribution in [3.8, 4) is 11.3 Å². The van der Waals surface area contributed by atoms with E-state index in [9.17, 15) is 4.79 Å². The number of anilines is 1. The normalized spacial score (nSPS) is 11.0. The first-order valence-electron chi connectivity index (χ1n) is 8.68. The first-order valence-corrected chi connectivity index (χ1v) is 8.68. The van der Waals surface area contributed by atoms with E-state index in [1.165, 1.54) is 11.1 Å². The summed E-state index contributed by atoms with van der Waals surface area (Å²) < 4.78 is 0. The fraction of sp³-hybridized carbons (Fsp3) is 0.190. The van der Waals surface area contributed by atoms with Gasteiger partial charge in [-0.2, -0.15) is 10.2 Å².